The first-order chi connectivity index (χ1) is 11.8. The van der Waals surface area contributed by atoms with E-state index in [-0.39, 0.29) is 0 Å². The predicted molar refractivity (Wildman–Crippen MR) is 95.7 cm³/mol. The van der Waals surface area contributed by atoms with Crippen molar-refractivity contribution in [2.75, 3.05) is 19.6 Å². The highest BCUT2D eigenvalue weighted by Gasteiger charge is 2.31. The van der Waals surface area contributed by atoms with Crippen LogP contribution in [0, 0.1) is 0 Å². The van der Waals surface area contributed by atoms with E-state index in [1.165, 1.54) is 31.4 Å². The van der Waals surface area contributed by atoms with Crippen LogP contribution >= 0.6 is 11.6 Å². The highest BCUT2D eigenvalue weighted by atomic mass is 35.5. The Kier molecular flexibility index (Phi) is 4.69. The zero-order valence-corrected chi connectivity index (χ0v) is 14.4. The maximum absolute atomic E-state index is 5.92. The minimum atomic E-state index is 0.314. The quantitative estimate of drug-likeness (QED) is 0.909. The average Bonchev–Trinajstić information content (AvgIpc) is 3.43. The third-order valence-electron chi connectivity index (χ3n) is 4.68. The monoisotopic (exact) mass is 343 g/mol. The third-order valence-corrected chi connectivity index (χ3v) is 4.93. The van der Waals surface area contributed by atoms with E-state index in [9.17, 15) is 0 Å². The van der Waals surface area contributed by atoms with Gasteiger partial charge in [0.25, 0.3) is 0 Å². The van der Waals surface area contributed by atoms with Crippen LogP contribution in [0.4, 0.5) is 0 Å². The summed E-state index contributed by atoms with van der Waals surface area (Å²) >= 11 is 5.92. The van der Waals surface area contributed by atoms with Gasteiger partial charge in [-0.2, -0.15) is 0 Å². The van der Waals surface area contributed by atoms with Gasteiger partial charge in [0.15, 0.2) is 0 Å². The lowest BCUT2D eigenvalue weighted by molar-refractivity contribution is 0.258. The number of pyridine rings is 1. The van der Waals surface area contributed by atoms with Gasteiger partial charge in [0.2, 0.25) is 0 Å². The summed E-state index contributed by atoms with van der Waals surface area (Å²) in [7, 11) is 0. The number of ether oxygens (including phenoxy) is 1. The number of hydrogen-bond donors (Lipinski definition) is 1. The number of hydrogen-bond acceptors (Lipinski definition) is 4. The Bertz CT molecular complexity index is 687. The minimum absolute atomic E-state index is 0.314. The van der Waals surface area contributed by atoms with Crippen LogP contribution in [0.2, 0.25) is 5.02 Å². The Balaban J connectivity index is 1.49. The fourth-order valence-electron chi connectivity index (χ4n) is 3.26. The van der Waals surface area contributed by atoms with Crippen LogP contribution in [0.1, 0.15) is 30.9 Å². The van der Waals surface area contributed by atoms with Gasteiger partial charge in [-0.1, -0.05) is 11.6 Å². The molecule has 1 N–H and O–H groups in total. The van der Waals surface area contributed by atoms with Crippen molar-refractivity contribution < 1.29 is 4.74 Å². The number of halogens is 1. The molecule has 1 aromatic heterocycles. The Hall–Kier alpha value is -1.62. The minimum Gasteiger partial charge on any atom is -0.456 e. The molecule has 2 fully saturated rings. The summed E-state index contributed by atoms with van der Waals surface area (Å²) in [6.45, 7) is 3.30. The van der Waals surface area contributed by atoms with Crippen LogP contribution in [0.25, 0.3) is 0 Å². The van der Waals surface area contributed by atoms with Gasteiger partial charge in [-0.25, -0.2) is 0 Å². The van der Waals surface area contributed by atoms with Crippen molar-refractivity contribution in [3.8, 4) is 11.5 Å². The van der Waals surface area contributed by atoms with Gasteiger partial charge < -0.3 is 10.1 Å². The Morgan fingerprint density at radius 1 is 1.12 bits per heavy atom. The van der Waals surface area contributed by atoms with Gasteiger partial charge >= 0.3 is 0 Å². The summed E-state index contributed by atoms with van der Waals surface area (Å²) < 4.78 is 5.92. The van der Waals surface area contributed by atoms with E-state index in [1.807, 2.05) is 30.5 Å². The first kappa shape index (κ1) is 15.9. The number of nitrogens with zero attached hydrogens (tertiary/aromatic N) is 2. The van der Waals surface area contributed by atoms with Gasteiger partial charge in [0, 0.05) is 29.8 Å². The predicted octanol–water partition coefficient (Wildman–Crippen LogP) is 4.03. The topological polar surface area (TPSA) is 37.4 Å². The second-order valence-corrected chi connectivity index (χ2v) is 7.03. The molecular formula is C19H22ClN3O. The van der Waals surface area contributed by atoms with Gasteiger partial charge in [-0.05, 0) is 68.2 Å². The highest BCUT2D eigenvalue weighted by molar-refractivity contribution is 6.30. The van der Waals surface area contributed by atoms with Crippen LogP contribution in [-0.2, 0) is 0 Å². The van der Waals surface area contributed by atoms with E-state index >= 15 is 0 Å². The zero-order valence-electron chi connectivity index (χ0n) is 13.6. The molecule has 24 heavy (non-hydrogen) atoms. The molecule has 1 aliphatic carbocycles. The van der Waals surface area contributed by atoms with Crippen LogP contribution in [0.5, 0.6) is 11.5 Å². The van der Waals surface area contributed by atoms with Crippen molar-refractivity contribution >= 4 is 11.6 Å². The summed E-state index contributed by atoms with van der Waals surface area (Å²) in [5.41, 5.74) is 1.19. The fraction of sp³-hybridized carbons (Fsp3) is 0.421. The summed E-state index contributed by atoms with van der Waals surface area (Å²) in [5.74, 6) is 1.53. The van der Waals surface area contributed by atoms with Crippen molar-refractivity contribution in [1.29, 1.82) is 0 Å². The Morgan fingerprint density at radius 3 is 2.75 bits per heavy atom. The van der Waals surface area contributed by atoms with E-state index in [2.05, 4.69) is 21.3 Å². The molecule has 1 saturated heterocycles. The second kappa shape index (κ2) is 7.09. The number of benzene rings is 1. The molecule has 1 aliphatic heterocycles. The van der Waals surface area contributed by atoms with Crippen molar-refractivity contribution in [3.05, 3.63) is 53.3 Å². The highest BCUT2D eigenvalue weighted by Crippen LogP contribution is 2.31. The summed E-state index contributed by atoms with van der Waals surface area (Å²) in [6, 6.07) is 10.6. The number of rotatable bonds is 4. The Morgan fingerprint density at radius 2 is 1.96 bits per heavy atom. The molecule has 2 aliphatic rings. The molecule has 2 heterocycles. The standard InChI is InChI=1S/C19H22ClN3O/c20-15-2-6-17(7-3-15)24-18-10-14(11-21-12-18)19-13-23(16-4-5-16)9-1-8-22-19/h2-3,6-7,10-12,16,19,22H,1,4-5,8-9,13H2. The van der Waals surface area contributed by atoms with Gasteiger partial charge in [0.05, 0.1) is 6.20 Å². The molecule has 0 bridgehead atoms. The van der Waals surface area contributed by atoms with Gasteiger partial charge in [-0.15, -0.1) is 0 Å². The van der Waals surface area contributed by atoms with Crippen molar-refractivity contribution in [2.45, 2.75) is 31.3 Å². The number of nitrogens with one attached hydrogen (secondary N) is 1. The van der Waals surface area contributed by atoms with Gasteiger partial charge in [0.1, 0.15) is 11.5 Å². The van der Waals surface area contributed by atoms with Crippen LogP contribution < -0.4 is 10.1 Å². The molecule has 0 radical (unpaired) electrons. The lowest BCUT2D eigenvalue weighted by Gasteiger charge is -2.24. The van der Waals surface area contributed by atoms with Crippen molar-refractivity contribution in [2.24, 2.45) is 0 Å². The van der Waals surface area contributed by atoms with Crippen molar-refractivity contribution in [1.82, 2.24) is 15.2 Å². The SMILES string of the molecule is Clc1ccc(Oc2cncc(C3CN(C4CC4)CCCN3)c2)cc1. The molecule has 1 atom stereocenters. The first-order valence-corrected chi connectivity index (χ1v) is 9.01. The zero-order chi connectivity index (χ0) is 16.4. The van der Waals surface area contributed by atoms with Gasteiger partial charge in [-0.3, -0.25) is 9.88 Å². The molecule has 0 amide bonds. The lowest BCUT2D eigenvalue weighted by Crippen LogP contribution is -2.32. The average molecular weight is 344 g/mol. The van der Waals surface area contributed by atoms with E-state index in [4.69, 9.17) is 16.3 Å². The lowest BCUT2D eigenvalue weighted by atomic mass is 10.1. The fourth-order valence-corrected chi connectivity index (χ4v) is 3.39. The molecule has 1 unspecified atom stereocenters. The van der Waals surface area contributed by atoms with Crippen LogP contribution in [-0.4, -0.2) is 35.6 Å². The first-order valence-electron chi connectivity index (χ1n) is 8.64. The van der Waals surface area contributed by atoms with Crippen molar-refractivity contribution in [3.63, 3.8) is 0 Å². The Labute approximate surface area is 147 Å². The normalized spacial score (nSPS) is 22.1. The summed E-state index contributed by atoms with van der Waals surface area (Å²) in [4.78, 5) is 7.00. The second-order valence-electron chi connectivity index (χ2n) is 6.60. The maximum atomic E-state index is 5.92. The molecule has 1 aromatic carbocycles. The summed E-state index contributed by atoms with van der Waals surface area (Å²) in [5, 5.41) is 4.36. The maximum Gasteiger partial charge on any atom is 0.146 e. The van der Waals surface area contributed by atoms with E-state index < -0.39 is 0 Å². The number of aromatic nitrogens is 1. The molecule has 4 nitrogen and oxygen atoms in total. The molecule has 5 heteroatoms. The third kappa shape index (κ3) is 3.89. The molecule has 126 valence electrons. The van der Waals surface area contributed by atoms with E-state index in [1.54, 1.807) is 6.20 Å². The molecular weight excluding hydrogens is 322 g/mol. The molecule has 4 rings (SSSR count). The van der Waals surface area contributed by atoms with Crippen LogP contribution in [0.3, 0.4) is 0 Å². The molecule has 1 saturated carbocycles. The molecule has 0 spiro atoms. The molecule has 2 aromatic rings. The van der Waals surface area contributed by atoms with E-state index in [0.29, 0.717) is 11.1 Å². The summed E-state index contributed by atoms with van der Waals surface area (Å²) in [6.07, 6.45) is 7.62. The van der Waals surface area contributed by atoms with Crippen LogP contribution in [0.15, 0.2) is 42.7 Å². The smallest absolute Gasteiger partial charge is 0.146 e. The largest absolute Gasteiger partial charge is 0.456 e. The van der Waals surface area contributed by atoms with E-state index in [0.717, 1.165) is 30.6 Å².